The minimum atomic E-state index is -0.169. The number of likely N-dealkylation sites (tertiary alicyclic amines) is 1. The Kier molecular flexibility index (Phi) is 5.78. The molecule has 0 spiro atoms. The lowest BCUT2D eigenvalue weighted by Gasteiger charge is -2.41. The summed E-state index contributed by atoms with van der Waals surface area (Å²) >= 11 is 0. The first-order valence-corrected chi connectivity index (χ1v) is 9.10. The van der Waals surface area contributed by atoms with Gasteiger partial charge in [-0.2, -0.15) is 5.26 Å². The van der Waals surface area contributed by atoms with Gasteiger partial charge in [0.05, 0.1) is 17.9 Å². The van der Waals surface area contributed by atoms with Crippen LogP contribution in [0.5, 0.6) is 5.88 Å². The molecule has 2 heterocycles. The molecule has 0 amide bonds. The summed E-state index contributed by atoms with van der Waals surface area (Å²) in [6, 6.07) is 3.95. The average molecular weight is 371 g/mol. The highest BCUT2D eigenvalue weighted by atomic mass is 16.5. The molecular formula is C20H25N3O4. The number of nitrogens with zero attached hydrogens (tertiary/aromatic N) is 3. The number of fused-ring (bicyclic) bond motifs is 1. The zero-order valence-corrected chi connectivity index (χ0v) is 16.1. The summed E-state index contributed by atoms with van der Waals surface area (Å²) < 4.78 is 16.2. The molecule has 0 saturated carbocycles. The zero-order chi connectivity index (χ0) is 19.4. The van der Waals surface area contributed by atoms with Gasteiger partial charge in [0.15, 0.2) is 5.78 Å². The van der Waals surface area contributed by atoms with E-state index in [0.29, 0.717) is 24.8 Å². The van der Waals surface area contributed by atoms with Crippen LogP contribution >= 0.6 is 0 Å². The molecule has 0 atom stereocenters. The van der Waals surface area contributed by atoms with Crippen LogP contribution in [0.15, 0.2) is 17.8 Å². The molecule has 1 aromatic rings. The number of aromatic nitrogens is 1. The number of nitriles is 1. The largest absolute Gasteiger partial charge is 0.475 e. The third-order valence-electron chi connectivity index (χ3n) is 5.36. The highest BCUT2D eigenvalue weighted by molar-refractivity contribution is 6.09. The number of ether oxygens (including phenoxy) is 3. The standard InChI is InChI=1S/C20H25N3O4/c1-20(26-3)4-6-23(7-5-20)19-15-11-18(27-9-8-25-2)22-13-14(15)10-17(24)16(19)12-21/h11,13H,4-10H2,1-3H3. The molecule has 1 saturated heterocycles. The van der Waals surface area contributed by atoms with Crippen molar-refractivity contribution in [2.24, 2.45) is 0 Å². The Balaban J connectivity index is 1.94. The summed E-state index contributed by atoms with van der Waals surface area (Å²) in [7, 11) is 3.34. The molecule has 3 rings (SSSR count). The molecule has 0 radical (unpaired) electrons. The van der Waals surface area contributed by atoms with E-state index in [-0.39, 0.29) is 23.4 Å². The maximum Gasteiger partial charge on any atom is 0.213 e. The molecule has 7 heteroatoms. The van der Waals surface area contributed by atoms with Gasteiger partial charge in [0.2, 0.25) is 5.88 Å². The van der Waals surface area contributed by atoms with Crippen LogP contribution in [-0.2, 0) is 20.7 Å². The van der Waals surface area contributed by atoms with Gasteiger partial charge >= 0.3 is 0 Å². The van der Waals surface area contributed by atoms with Crippen molar-refractivity contribution in [3.05, 3.63) is 29.0 Å². The highest BCUT2D eigenvalue weighted by Crippen LogP contribution is 2.37. The molecule has 1 fully saturated rings. The smallest absolute Gasteiger partial charge is 0.213 e. The lowest BCUT2D eigenvalue weighted by molar-refractivity contribution is -0.114. The van der Waals surface area contributed by atoms with Gasteiger partial charge in [0, 0.05) is 51.6 Å². The fourth-order valence-corrected chi connectivity index (χ4v) is 3.51. The van der Waals surface area contributed by atoms with E-state index < -0.39 is 0 Å². The first-order valence-electron chi connectivity index (χ1n) is 9.10. The molecule has 0 N–H and O–H groups in total. The Bertz CT molecular complexity index is 789. The first kappa shape index (κ1) is 19.3. The predicted molar refractivity (Wildman–Crippen MR) is 99.1 cm³/mol. The van der Waals surface area contributed by atoms with Gasteiger partial charge in [-0.05, 0) is 25.3 Å². The van der Waals surface area contributed by atoms with Crippen molar-refractivity contribution >= 4 is 11.5 Å². The topological polar surface area (TPSA) is 84.7 Å². The Hall–Kier alpha value is -2.43. The third kappa shape index (κ3) is 3.97. The number of rotatable bonds is 6. The summed E-state index contributed by atoms with van der Waals surface area (Å²) in [5, 5.41) is 9.64. The molecule has 1 aromatic heterocycles. The molecule has 27 heavy (non-hydrogen) atoms. The van der Waals surface area contributed by atoms with E-state index >= 15 is 0 Å². The summed E-state index contributed by atoms with van der Waals surface area (Å²) in [5.41, 5.74) is 2.43. The molecule has 0 bridgehead atoms. The predicted octanol–water partition coefficient (Wildman–Crippen LogP) is 1.97. The molecule has 7 nitrogen and oxygen atoms in total. The van der Waals surface area contributed by atoms with E-state index in [1.165, 1.54) is 0 Å². The minimum Gasteiger partial charge on any atom is -0.475 e. The highest BCUT2D eigenvalue weighted by Gasteiger charge is 2.35. The van der Waals surface area contributed by atoms with Crippen molar-refractivity contribution in [3.8, 4) is 11.9 Å². The van der Waals surface area contributed by atoms with E-state index in [9.17, 15) is 10.1 Å². The Morgan fingerprint density at radius 2 is 2.04 bits per heavy atom. The maximum absolute atomic E-state index is 12.5. The van der Waals surface area contributed by atoms with Gasteiger partial charge in [-0.3, -0.25) is 4.79 Å². The monoisotopic (exact) mass is 371 g/mol. The molecular weight excluding hydrogens is 346 g/mol. The van der Waals surface area contributed by atoms with Crippen LogP contribution in [0.3, 0.4) is 0 Å². The van der Waals surface area contributed by atoms with Gasteiger partial charge in [-0.25, -0.2) is 4.98 Å². The third-order valence-corrected chi connectivity index (χ3v) is 5.36. The SMILES string of the molecule is COCCOc1cc2c(cn1)CC(=O)C(C#N)=C2N1CCC(C)(OC)CC1. The van der Waals surface area contributed by atoms with Crippen LogP contribution < -0.4 is 4.74 Å². The first-order chi connectivity index (χ1) is 13.0. The van der Waals surface area contributed by atoms with Crippen molar-refractivity contribution < 1.29 is 19.0 Å². The van der Waals surface area contributed by atoms with E-state index in [4.69, 9.17) is 14.2 Å². The number of hydrogen-bond donors (Lipinski definition) is 0. The number of carbonyl (C=O) groups excluding carboxylic acids is 1. The molecule has 0 unspecified atom stereocenters. The number of ketones is 1. The van der Waals surface area contributed by atoms with Crippen LogP contribution in [0.1, 0.15) is 30.9 Å². The zero-order valence-electron chi connectivity index (χ0n) is 16.1. The molecule has 2 aliphatic rings. The molecule has 1 aliphatic heterocycles. The van der Waals surface area contributed by atoms with Crippen molar-refractivity contribution in [1.29, 1.82) is 5.26 Å². The van der Waals surface area contributed by atoms with E-state index in [2.05, 4.69) is 22.9 Å². The number of methoxy groups -OCH3 is 2. The average Bonchev–Trinajstić information content (AvgIpc) is 2.68. The lowest BCUT2D eigenvalue weighted by Crippen LogP contribution is -2.43. The molecule has 144 valence electrons. The van der Waals surface area contributed by atoms with Gasteiger partial charge in [0.25, 0.3) is 0 Å². The fraction of sp³-hybridized carbons (Fsp3) is 0.550. The minimum absolute atomic E-state index is 0.157. The molecule has 1 aliphatic carbocycles. The van der Waals surface area contributed by atoms with E-state index in [1.807, 2.05) is 6.07 Å². The lowest BCUT2D eigenvalue weighted by atomic mass is 9.86. The van der Waals surface area contributed by atoms with Crippen LogP contribution in [0, 0.1) is 11.3 Å². The van der Waals surface area contributed by atoms with Gasteiger partial charge in [0.1, 0.15) is 18.2 Å². The fourth-order valence-electron chi connectivity index (χ4n) is 3.51. The quantitative estimate of drug-likeness (QED) is 0.707. The number of Topliss-reactive ketones (excluding diaryl/α,β-unsaturated/α-hetero) is 1. The second kappa shape index (κ2) is 8.07. The Labute approximate surface area is 159 Å². The van der Waals surface area contributed by atoms with Crippen LogP contribution in [-0.4, -0.2) is 61.8 Å². The molecule has 0 aromatic carbocycles. The number of pyridine rings is 1. The van der Waals surface area contributed by atoms with Crippen molar-refractivity contribution in [2.75, 3.05) is 40.5 Å². The number of allylic oxidation sites excluding steroid dienone is 1. The van der Waals surface area contributed by atoms with Gasteiger partial charge in [-0.1, -0.05) is 0 Å². The van der Waals surface area contributed by atoms with Crippen molar-refractivity contribution in [1.82, 2.24) is 9.88 Å². The van der Waals surface area contributed by atoms with Crippen LogP contribution in [0.25, 0.3) is 5.70 Å². The van der Waals surface area contributed by atoms with Crippen LogP contribution in [0.2, 0.25) is 0 Å². The maximum atomic E-state index is 12.5. The van der Waals surface area contributed by atoms with Crippen molar-refractivity contribution in [2.45, 2.75) is 31.8 Å². The summed E-state index contributed by atoms with van der Waals surface area (Å²) in [6.45, 7) is 4.39. The number of carbonyl (C=O) groups is 1. The Morgan fingerprint density at radius 3 is 2.67 bits per heavy atom. The Morgan fingerprint density at radius 1 is 1.30 bits per heavy atom. The van der Waals surface area contributed by atoms with E-state index in [1.54, 1.807) is 20.4 Å². The normalized spacial score (nSPS) is 18.9. The van der Waals surface area contributed by atoms with Gasteiger partial charge in [-0.15, -0.1) is 0 Å². The second-order valence-electron chi connectivity index (χ2n) is 7.10. The van der Waals surface area contributed by atoms with Crippen LogP contribution in [0.4, 0.5) is 0 Å². The number of piperidine rings is 1. The van der Waals surface area contributed by atoms with E-state index in [0.717, 1.165) is 37.1 Å². The number of hydrogen-bond acceptors (Lipinski definition) is 7. The second-order valence-corrected chi connectivity index (χ2v) is 7.10. The summed E-state index contributed by atoms with van der Waals surface area (Å²) in [4.78, 5) is 18.9. The van der Waals surface area contributed by atoms with Gasteiger partial charge < -0.3 is 19.1 Å². The summed E-state index contributed by atoms with van der Waals surface area (Å²) in [6.07, 6.45) is 3.53. The summed E-state index contributed by atoms with van der Waals surface area (Å²) in [5.74, 6) is 0.309. The van der Waals surface area contributed by atoms with Crippen molar-refractivity contribution in [3.63, 3.8) is 0 Å².